The highest BCUT2D eigenvalue weighted by atomic mass is 16.7. The van der Waals surface area contributed by atoms with E-state index in [1.165, 1.54) is 5.56 Å². The van der Waals surface area contributed by atoms with E-state index < -0.39 is 18.2 Å². The van der Waals surface area contributed by atoms with Crippen LogP contribution >= 0.6 is 0 Å². The number of carbonyl (C=O) groups is 2. The summed E-state index contributed by atoms with van der Waals surface area (Å²) < 4.78 is 10.4. The Bertz CT molecular complexity index is 430. The molecule has 0 saturated heterocycles. The number of ether oxygens (including phenoxy) is 2. The molecule has 0 aromatic heterocycles. The molecule has 110 valence electrons. The van der Waals surface area contributed by atoms with E-state index in [0.717, 1.165) is 0 Å². The highest BCUT2D eigenvalue weighted by molar-refractivity contribution is 5.71. The van der Waals surface area contributed by atoms with Gasteiger partial charge >= 0.3 is 11.9 Å². The first-order valence-electron chi connectivity index (χ1n) is 6.96. The normalized spacial score (nSPS) is 10.7. The van der Waals surface area contributed by atoms with Gasteiger partial charge in [-0.25, -0.2) is 0 Å². The summed E-state index contributed by atoms with van der Waals surface area (Å²) in [7, 11) is 0. The van der Waals surface area contributed by atoms with Crippen LogP contribution in [0.4, 0.5) is 0 Å². The van der Waals surface area contributed by atoms with Crippen LogP contribution in [0.3, 0.4) is 0 Å². The molecule has 0 unspecified atom stereocenters. The van der Waals surface area contributed by atoms with E-state index in [1.54, 1.807) is 13.8 Å². The van der Waals surface area contributed by atoms with E-state index in [2.05, 4.69) is 13.8 Å². The molecule has 1 rings (SSSR count). The summed E-state index contributed by atoms with van der Waals surface area (Å²) in [6.07, 6.45) is -0.481. The molecule has 1 aromatic carbocycles. The molecule has 0 aliphatic rings. The van der Waals surface area contributed by atoms with Crippen molar-refractivity contribution in [1.82, 2.24) is 0 Å². The predicted octanol–water partition coefficient (Wildman–Crippen LogP) is 3.72. The zero-order valence-electron chi connectivity index (χ0n) is 12.5. The maximum Gasteiger partial charge on any atom is 0.308 e. The Morgan fingerprint density at radius 2 is 1.30 bits per heavy atom. The van der Waals surface area contributed by atoms with Crippen molar-refractivity contribution in [3.63, 3.8) is 0 Å². The molecule has 0 N–H and O–H groups in total. The molecule has 0 aliphatic carbocycles. The molecule has 0 atom stereocenters. The number of benzene rings is 1. The number of rotatable bonds is 6. The van der Waals surface area contributed by atoms with Crippen molar-refractivity contribution in [2.45, 2.75) is 52.7 Å². The van der Waals surface area contributed by atoms with E-state index in [-0.39, 0.29) is 12.8 Å². The number of esters is 2. The van der Waals surface area contributed by atoms with Gasteiger partial charge in [-0.3, -0.25) is 9.59 Å². The minimum atomic E-state index is -0.962. The first-order valence-corrected chi connectivity index (χ1v) is 6.96. The van der Waals surface area contributed by atoms with Gasteiger partial charge in [0, 0.05) is 18.4 Å². The average Bonchev–Trinajstić information content (AvgIpc) is 2.46. The second-order valence-electron chi connectivity index (χ2n) is 4.84. The molecule has 1 aromatic rings. The summed E-state index contributed by atoms with van der Waals surface area (Å²) in [5, 5.41) is 0. The third-order valence-electron chi connectivity index (χ3n) is 2.93. The largest absolute Gasteiger partial charge is 0.421 e. The maximum atomic E-state index is 11.4. The summed E-state index contributed by atoms with van der Waals surface area (Å²) in [4.78, 5) is 22.9. The van der Waals surface area contributed by atoms with Gasteiger partial charge in [0.1, 0.15) is 0 Å². The monoisotopic (exact) mass is 278 g/mol. The van der Waals surface area contributed by atoms with E-state index in [4.69, 9.17) is 9.47 Å². The Hall–Kier alpha value is -1.84. The number of carbonyl (C=O) groups excluding carboxylic acids is 2. The van der Waals surface area contributed by atoms with Crippen molar-refractivity contribution >= 4 is 11.9 Å². The zero-order chi connectivity index (χ0) is 15.1. The Kier molecular flexibility index (Phi) is 6.22. The fourth-order valence-electron chi connectivity index (χ4n) is 1.60. The minimum absolute atomic E-state index is 0.240. The molecule has 0 heterocycles. The van der Waals surface area contributed by atoms with Crippen LogP contribution in [0.5, 0.6) is 0 Å². The van der Waals surface area contributed by atoms with Crippen LogP contribution < -0.4 is 0 Å². The highest BCUT2D eigenvalue weighted by Gasteiger charge is 2.20. The molecular weight excluding hydrogens is 256 g/mol. The Morgan fingerprint density at radius 1 is 0.900 bits per heavy atom. The summed E-state index contributed by atoms with van der Waals surface area (Å²) in [6, 6.07) is 7.55. The van der Waals surface area contributed by atoms with Gasteiger partial charge in [0.15, 0.2) is 0 Å². The molecule has 4 nitrogen and oxygen atoms in total. The minimum Gasteiger partial charge on any atom is -0.421 e. The van der Waals surface area contributed by atoms with Crippen LogP contribution in [0, 0.1) is 0 Å². The Labute approximate surface area is 120 Å². The molecular formula is C16H22O4. The first kappa shape index (κ1) is 16.2. The zero-order valence-corrected chi connectivity index (χ0v) is 12.5. The van der Waals surface area contributed by atoms with Gasteiger partial charge in [-0.05, 0) is 11.5 Å². The smallest absolute Gasteiger partial charge is 0.308 e. The van der Waals surface area contributed by atoms with Crippen molar-refractivity contribution in [1.29, 1.82) is 0 Å². The molecule has 0 saturated carbocycles. The van der Waals surface area contributed by atoms with Crippen molar-refractivity contribution < 1.29 is 19.1 Å². The van der Waals surface area contributed by atoms with Gasteiger partial charge in [-0.1, -0.05) is 52.0 Å². The fraction of sp³-hybridized carbons (Fsp3) is 0.500. The van der Waals surface area contributed by atoms with Gasteiger partial charge in [0.05, 0.1) is 0 Å². The number of hydrogen-bond donors (Lipinski definition) is 0. The van der Waals surface area contributed by atoms with Crippen LogP contribution in [0.15, 0.2) is 24.3 Å². The maximum absolute atomic E-state index is 11.4. The van der Waals surface area contributed by atoms with Crippen LogP contribution in [0.2, 0.25) is 0 Å². The summed E-state index contributed by atoms with van der Waals surface area (Å²) in [5.74, 6) is -0.377. The van der Waals surface area contributed by atoms with Gasteiger partial charge in [0.25, 0.3) is 6.29 Å². The van der Waals surface area contributed by atoms with Crippen molar-refractivity contribution in [2.75, 3.05) is 0 Å². The first-order chi connectivity index (χ1) is 9.47. The Morgan fingerprint density at radius 3 is 1.65 bits per heavy atom. The third kappa shape index (κ3) is 4.68. The van der Waals surface area contributed by atoms with E-state index >= 15 is 0 Å². The second-order valence-corrected chi connectivity index (χ2v) is 4.84. The van der Waals surface area contributed by atoms with Crippen LogP contribution in [-0.2, 0) is 19.1 Å². The van der Waals surface area contributed by atoms with E-state index in [9.17, 15) is 9.59 Å². The van der Waals surface area contributed by atoms with Crippen molar-refractivity contribution in [3.8, 4) is 0 Å². The molecule has 0 amide bonds. The summed E-state index contributed by atoms with van der Waals surface area (Å²) >= 11 is 0. The van der Waals surface area contributed by atoms with Crippen LogP contribution in [-0.4, -0.2) is 11.9 Å². The van der Waals surface area contributed by atoms with Crippen molar-refractivity contribution in [2.24, 2.45) is 0 Å². The van der Waals surface area contributed by atoms with E-state index in [0.29, 0.717) is 11.5 Å². The highest BCUT2D eigenvalue weighted by Crippen LogP contribution is 2.23. The van der Waals surface area contributed by atoms with Gasteiger partial charge < -0.3 is 9.47 Å². The van der Waals surface area contributed by atoms with Crippen molar-refractivity contribution in [3.05, 3.63) is 35.4 Å². The molecule has 0 fully saturated rings. The molecule has 0 radical (unpaired) electrons. The fourth-order valence-corrected chi connectivity index (χ4v) is 1.60. The lowest BCUT2D eigenvalue weighted by Gasteiger charge is -2.18. The van der Waals surface area contributed by atoms with Gasteiger partial charge in [-0.15, -0.1) is 0 Å². The second kappa shape index (κ2) is 7.68. The SMILES string of the molecule is CCC(=O)OC(OC(=O)CC)c1ccc(C(C)C)cc1. The molecule has 0 spiro atoms. The lowest BCUT2D eigenvalue weighted by molar-refractivity contribution is -0.189. The lowest BCUT2D eigenvalue weighted by Crippen LogP contribution is -2.17. The predicted molar refractivity (Wildman–Crippen MR) is 76.0 cm³/mol. The van der Waals surface area contributed by atoms with E-state index in [1.807, 2.05) is 24.3 Å². The van der Waals surface area contributed by atoms with Crippen LogP contribution in [0.1, 0.15) is 63.9 Å². The lowest BCUT2D eigenvalue weighted by atomic mass is 10.0. The topological polar surface area (TPSA) is 52.6 Å². The molecule has 4 heteroatoms. The third-order valence-corrected chi connectivity index (χ3v) is 2.93. The molecule has 0 bridgehead atoms. The average molecular weight is 278 g/mol. The standard InChI is InChI=1S/C16H22O4/c1-5-14(17)19-16(20-15(18)6-2)13-9-7-12(8-10-13)11(3)4/h7-11,16H,5-6H2,1-4H3. The van der Waals surface area contributed by atoms with Gasteiger partial charge in [0.2, 0.25) is 0 Å². The quantitative estimate of drug-likeness (QED) is 0.588. The molecule has 0 aliphatic heterocycles. The van der Waals surface area contributed by atoms with Gasteiger partial charge in [-0.2, -0.15) is 0 Å². The summed E-state index contributed by atoms with van der Waals surface area (Å²) in [5.41, 5.74) is 1.84. The van der Waals surface area contributed by atoms with Crippen LogP contribution in [0.25, 0.3) is 0 Å². The summed E-state index contributed by atoms with van der Waals surface area (Å²) in [6.45, 7) is 7.59. The molecule has 20 heavy (non-hydrogen) atoms. The number of hydrogen-bond acceptors (Lipinski definition) is 4. The Balaban J connectivity index is 2.90.